The Morgan fingerprint density at radius 2 is 1.88 bits per heavy atom. The van der Waals surface area contributed by atoms with Gasteiger partial charge in [0.15, 0.2) is 0 Å². The van der Waals surface area contributed by atoms with Crippen molar-refractivity contribution < 1.29 is 18.3 Å². The highest BCUT2D eigenvalue weighted by atomic mass is 32.2. The van der Waals surface area contributed by atoms with Crippen molar-refractivity contribution >= 4 is 17.8 Å². The van der Waals surface area contributed by atoms with Gasteiger partial charge in [0.05, 0.1) is 17.7 Å². The minimum Gasteiger partial charge on any atom is -0.390 e. The topological polar surface area (TPSA) is 85.1 Å². The molecular formula is C23H20F3N5OS. The molecular weight excluding hydrogens is 451 g/mol. The van der Waals surface area contributed by atoms with Gasteiger partial charge in [-0.05, 0) is 65.9 Å². The van der Waals surface area contributed by atoms with Crippen LogP contribution in [0.25, 0.3) is 11.1 Å². The fourth-order valence-corrected chi connectivity index (χ4v) is 4.50. The second-order valence-electron chi connectivity index (χ2n) is 7.58. The van der Waals surface area contributed by atoms with Crippen LogP contribution in [0.3, 0.4) is 0 Å². The fourth-order valence-electron chi connectivity index (χ4n) is 3.52. The number of aliphatic hydroxyl groups is 1. The molecule has 4 rings (SSSR count). The van der Waals surface area contributed by atoms with E-state index in [2.05, 4.69) is 19.6 Å². The molecule has 0 aliphatic carbocycles. The Morgan fingerprint density at radius 3 is 2.52 bits per heavy atom. The summed E-state index contributed by atoms with van der Waals surface area (Å²) >= 11 is 1.53. The van der Waals surface area contributed by atoms with Gasteiger partial charge in [-0.15, -0.1) is 0 Å². The molecule has 0 saturated carbocycles. The molecule has 3 aromatic rings. The number of benzene rings is 1. The Labute approximate surface area is 193 Å². The fraction of sp³-hybridized carbons (Fsp3) is 0.261. The molecule has 2 aromatic heterocycles. The zero-order valence-corrected chi connectivity index (χ0v) is 18.1. The number of alkyl halides is 3. The summed E-state index contributed by atoms with van der Waals surface area (Å²) in [6, 6.07) is 15.5. The third kappa shape index (κ3) is 5.82. The van der Waals surface area contributed by atoms with E-state index in [1.807, 2.05) is 36.4 Å². The quantitative estimate of drug-likeness (QED) is 0.527. The molecule has 170 valence electrons. The first-order valence-corrected chi connectivity index (χ1v) is 11.0. The van der Waals surface area contributed by atoms with Crippen LogP contribution in [-0.4, -0.2) is 44.6 Å². The molecule has 2 atom stereocenters. The SMILES string of the molecule is N#Cc1cc(-c2ccc(SN3CCC(Nc4ccc(C(F)(F)F)cn4)C(O)C3)cc2)ccn1. The van der Waals surface area contributed by atoms with Crippen LogP contribution in [-0.2, 0) is 6.18 Å². The lowest BCUT2D eigenvalue weighted by Crippen LogP contribution is -2.47. The highest BCUT2D eigenvalue weighted by Crippen LogP contribution is 2.31. The first kappa shape index (κ1) is 23.0. The van der Waals surface area contributed by atoms with Crippen molar-refractivity contribution in [2.75, 3.05) is 18.4 Å². The normalized spacial score (nSPS) is 19.1. The van der Waals surface area contributed by atoms with Gasteiger partial charge < -0.3 is 10.4 Å². The summed E-state index contributed by atoms with van der Waals surface area (Å²) in [6.07, 6.45) is -2.12. The number of aliphatic hydroxyl groups excluding tert-OH is 1. The Hall–Kier alpha value is -3.13. The molecule has 3 heterocycles. The van der Waals surface area contributed by atoms with Crippen molar-refractivity contribution in [2.45, 2.75) is 29.6 Å². The molecule has 0 amide bonds. The maximum atomic E-state index is 12.7. The number of nitrogens with one attached hydrogen (secondary N) is 1. The number of hydrogen-bond donors (Lipinski definition) is 2. The zero-order valence-electron chi connectivity index (χ0n) is 17.3. The molecule has 2 N–H and O–H groups in total. The van der Waals surface area contributed by atoms with Crippen molar-refractivity contribution in [3.05, 3.63) is 72.2 Å². The van der Waals surface area contributed by atoms with Gasteiger partial charge in [-0.3, -0.25) is 0 Å². The summed E-state index contributed by atoms with van der Waals surface area (Å²) < 4.78 is 40.1. The first-order chi connectivity index (χ1) is 15.8. The van der Waals surface area contributed by atoms with Gasteiger partial charge >= 0.3 is 6.18 Å². The maximum absolute atomic E-state index is 12.7. The lowest BCUT2D eigenvalue weighted by atomic mass is 10.0. The van der Waals surface area contributed by atoms with E-state index >= 15 is 0 Å². The highest BCUT2D eigenvalue weighted by molar-refractivity contribution is 7.97. The molecule has 1 saturated heterocycles. The van der Waals surface area contributed by atoms with Crippen LogP contribution >= 0.6 is 11.9 Å². The number of hydrogen-bond acceptors (Lipinski definition) is 7. The lowest BCUT2D eigenvalue weighted by molar-refractivity contribution is -0.137. The van der Waals surface area contributed by atoms with Crippen molar-refractivity contribution in [1.82, 2.24) is 14.3 Å². The predicted molar refractivity (Wildman–Crippen MR) is 119 cm³/mol. The van der Waals surface area contributed by atoms with Gasteiger partial charge in [0.2, 0.25) is 0 Å². The average Bonchev–Trinajstić information content (AvgIpc) is 2.81. The van der Waals surface area contributed by atoms with Gasteiger partial charge in [0, 0.05) is 30.4 Å². The zero-order chi connectivity index (χ0) is 23.4. The lowest BCUT2D eigenvalue weighted by Gasteiger charge is -2.35. The standard InChI is InChI=1S/C23H20F3N5OS/c24-23(25,26)17-3-6-22(29-13-17)30-20-8-10-31(14-21(20)32)33-19-4-1-15(2-5-19)16-7-9-28-18(11-16)12-27/h1-7,9,11,13,20-21,32H,8,10,14H2,(H,29,30). The molecule has 33 heavy (non-hydrogen) atoms. The molecule has 1 aliphatic heterocycles. The second kappa shape index (κ2) is 9.79. The van der Waals surface area contributed by atoms with E-state index in [1.165, 1.54) is 18.0 Å². The molecule has 6 nitrogen and oxygen atoms in total. The van der Waals surface area contributed by atoms with E-state index in [-0.39, 0.29) is 6.04 Å². The molecule has 1 aliphatic rings. The minimum atomic E-state index is -4.43. The number of pyridine rings is 2. The number of rotatable bonds is 5. The number of piperidine rings is 1. The molecule has 0 radical (unpaired) electrons. The summed E-state index contributed by atoms with van der Waals surface area (Å²) in [5.41, 5.74) is 1.45. The largest absolute Gasteiger partial charge is 0.417 e. The van der Waals surface area contributed by atoms with Gasteiger partial charge in [-0.2, -0.15) is 18.4 Å². The van der Waals surface area contributed by atoms with Crippen molar-refractivity contribution in [2.24, 2.45) is 0 Å². The number of nitriles is 1. The minimum absolute atomic E-state index is 0.297. The van der Waals surface area contributed by atoms with Crippen molar-refractivity contribution in [3.63, 3.8) is 0 Å². The monoisotopic (exact) mass is 471 g/mol. The average molecular weight is 472 g/mol. The first-order valence-electron chi connectivity index (χ1n) is 10.2. The van der Waals surface area contributed by atoms with E-state index in [4.69, 9.17) is 5.26 Å². The van der Waals surface area contributed by atoms with Crippen molar-refractivity contribution in [3.8, 4) is 17.2 Å². The summed E-state index contributed by atoms with van der Waals surface area (Å²) in [4.78, 5) is 8.81. The third-order valence-electron chi connectivity index (χ3n) is 5.27. The van der Waals surface area contributed by atoms with Crippen LogP contribution < -0.4 is 5.32 Å². The van der Waals surface area contributed by atoms with Gasteiger partial charge in [-0.1, -0.05) is 12.1 Å². The van der Waals surface area contributed by atoms with Gasteiger partial charge in [0.1, 0.15) is 17.6 Å². The predicted octanol–water partition coefficient (Wildman–Crippen LogP) is 4.59. The molecule has 2 unspecified atom stereocenters. The number of halogens is 3. The third-order valence-corrected chi connectivity index (χ3v) is 6.34. The molecule has 1 aromatic carbocycles. The van der Waals surface area contributed by atoms with Crippen LogP contribution in [0.5, 0.6) is 0 Å². The van der Waals surface area contributed by atoms with E-state index in [0.29, 0.717) is 31.0 Å². The Morgan fingerprint density at radius 1 is 1.09 bits per heavy atom. The van der Waals surface area contributed by atoms with Crippen molar-refractivity contribution in [1.29, 1.82) is 5.26 Å². The van der Waals surface area contributed by atoms with Crippen LogP contribution in [0.15, 0.2) is 65.8 Å². The van der Waals surface area contributed by atoms with Crippen LogP contribution in [0.2, 0.25) is 0 Å². The Bertz CT molecular complexity index is 1130. The van der Waals surface area contributed by atoms with Gasteiger partial charge in [0.25, 0.3) is 0 Å². The summed E-state index contributed by atoms with van der Waals surface area (Å²) in [5, 5.41) is 22.6. The van der Waals surface area contributed by atoms with Crippen LogP contribution in [0.4, 0.5) is 19.0 Å². The molecule has 1 fully saturated rings. The van der Waals surface area contributed by atoms with E-state index in [0.717, 1.165) is 28.3 Å². The summed E-state index contributed by atoms with van der Waals surface area (Å²) in [6.45, 7) is 1.10. The number of nitrogens with zero attached hydrogens (tertiary/aromatic N) is 4. The second-order valence-corrected chi connectivity index (χ2v) is 8.75. The van der Waals surface area contributed by atoms with E-state index in [1.54, 1.807) is 12.3 Å². The Kier molecular flexibility index (Phi) is 6.83. The van der Waals surface area contributed by atoms with E-state index in [9.17, 15) is 18.3 Å². The summed E-state index contributed by atoms with van der Waals surface area (Å²) in [7, 11) is 0. The smallest absolute Gasteiger partial charge is 0.390 e. The number of aromatic nitrogens is 2. The maximum Gasteiger partial charge on any atom is 0.417 e. The number of anilines is 1. The van der Waals surface area contributed by atoms with Crippen LogP contribution in [0, 0.1) is 11.3 Å². The highest BCUT2D eigenvalue weighted by Gasteiger charge is 2.31. The van der Waals surface area contributed by atoms with E-state index < -0.39 is 17.8 Å². The molecule has 0 spiro atoms. The number of β-amino-alcohol motifs (C(OH)–C–C–N with tert-alkyl or cyclic N) is 1. The van der Waals surface area contributed by atoms with Gasteiger partial charge in [-0.25, -0.2) is 14.3 Å². The summed E-state index contributed by atoms with van der Waals surface area (Å²) in [5.74, 6) is 0.305. The molecule has 0 bridgehead atoms. The Balaban J connectivity index is 1.32. The van der Waals surface area contributed by atoms with Crippen LogP contribution in [0.1, 0.15) is 17.7 Å². The molecule has 10 heteroatoms.